The van der Waals surface area contributed by atoms with E-state index >= 15 is 0 Å². The molecule has 1 amide bonds. The van der Waals surface area contributed by atoms with Crippen LogP contribution in [0.2, 0.25) is 0 Å². The largest absolute Gasteiger partial charge is 0.481 e. The molecule has 0 atom stereocenters. The Hall–Kier alpha value is -4.11. The number of allylic oxidation sites excluding steroid dienone is 20. The summed E-state index contributed by atoms with van der Waals surface area (Å²) < 4.78 is 0. The summed E-state index contributed by atoms with van der Waals surface area (Å²) >= 11 is 14.4. The number of nitrogens with zero attached hydrogens (tertiary/aromatic N) is 4. The van der Waals surface area contributed by atoms with E-state index in [1.54, 1.807) is 89.6 Å². The van der Waals surface area contributed by atoms with Crippen LogP contribution in [0.15, 0.2) is 234 Å². The lowest BCUT2D eigenvalue weighted by Gasteiger charge is -2.06. The first-order valence-electron chi connectivity index (χ1n) is 34.1. The summed E-state index contributed by atoms with van der Waals surface area (Å²) in [6.07, 6.45) is 50.8. The fourth-order valence-corrected chi connectivity index (χ4v) is 14.0. The second kappa shape index (κ2) is 70.9. The highest BCUT2D eigenvalue weighted by atomic mass is 35.5. The van der Waals surface area contributed by atoms with E-state index in [9.17, 15) is 9.59 Å². The van der Waals surface area contributed by atoms with Gasteiger partial charge in [0.1, 0.15) is 20.1 Å². The topological polar surface area (TPSA) is 188 Å². The van der Waals surface area contributed by atoms with Crippen molar-refractivity contribution in [1.29, 1.82) is 0 Å². The Bertz CT molecular complexity index is 2930. The molecule has 99 heavy (non-hydrogen) atoms. The minimum absolute atomic E-state index is 0. The number of halogens is 2. The van der Waals surface area contributed by atoms with E-state index in [1.807, 2.05) is 79.7 Å². The van der Waals surface area contributed by atoms with Crippen molar-refractivity contribution in [2.24, 2.45) is 0 Å². The number of hydrogen-bond acceptors (Lipinski definition) is 15. The van der Waals surface area contributed by atoms with E-state index in [0.717, 1.165) is 134 Å². The number of rotatable bonds is 43. The van der Waals surface area contributed by atoms with Gasteiger partial charge in [-0.05, 0) is 290 Å². The smallest absolute Gasteiger partial charge is 0.303 e. The van der Waals surface area contributed by atoms with Crippen LogP contribution in [-0.4, -0.2) is 72.5 Å². The Morgan fingerprint density at radius 2 is 0.657 bits per heavy atom. The summed E-state index contributed by atoms with van der Waals surface area (Å²) in [5.74, 6) is 3.38. The van der Waals surface area contributed by atoms with Gasteiger partial charge in [-0.1, -0.05) is 162 Å². The number of carbonyl (C=O) groups excluding carboxylic acids is 1. The Morgan fingerprint density at radius 1 is 0.384 bits per heavy atom. The normalized spacial score (nSPS) is 11.9. The number of alkyl halides is 2. The van der Waals surface area contributed by atoms with Crippen LogP contribution in [0.4, 0.5) is 0 Å². The monoisotopic (exact) mass is 1520 g/mol. The van der Waals surface area contributed by atoms with Gasteiger partial charge in [-0.25, -0.2) is 19.9 Å². The maximum Gasteiger partial charge on any atom is 0.303 e. The summed E-state index contributed by atoms with van der Waals surface area (Å²) in [6.45, 7) is 26.9. The van der Waals surface area contributed by atoms with Gasteiger partial charge >= 0.3 is 5.97 Å². The average molecular weight is 1530 g/mol. The molecule has 0 unspecified atom stereocenters. The van der Waals surface area contributed by atoms with Crippen LogP contribution >= 0.6 is 101 Å². The number of carboxylic acids is 1. The number of pyridine rings is 4. The van der Waals surface area contributed by atoms with Crippen molar-refractivity contribution >= 4 is 112 Å². The second-order valence-corrected chi connectivity index (χ2v) is 32.1. The molecule has 10 nitrogen and oxygen atoms in total. The number of amides is 1. The van der Waals surface area contributed by atoms with Crippen LogP contribution in [0.25, 0.3) is 0 Å². The third kappa shape index (κ3) is 69.4. The summed E-state index contributed by atoms with van der Waals surface area (Å²) in [7, 11) is 9.99. The molecule has 0 fully saturated rings. The molecule has 0 aliphatic heterocycles. The van der Waals surface area contributed by atoms with Gasteiger partial charge in [0, 0.05) is 73.2 Å². The predicted octanol–water partition coefficient (Wildman–Crippen LogP) is 27.1. The maximum absolute atomic E-state index is 12.1. The molecule has 0 saturated heterocycles. The molecule has 0 aliphatic carbocycles. The molecule has 4 heterocycles. The zero-order valence-corrected chi connectivity index (χ0v) is 69.3. The molecule has 8 N–H and O–H groups in total. The van der Waals surface area contributed by atoms with E-state index in [4.69, 9.17) is 28.3 Å². The molecule has 0 bridgehead atoms. The third-order valence-corrected chi connectivity index (χ3v) is 21.7. The van der Waals surface area contributed by atoms with Crippen LogP contribution in [-0.2, 0) is 9.59 Å². The summed E-state index contributed by atoms with van der Waals surface area (Å²) in [5, 5.41) is 15.8. The van der Waals surface area contributed by atoms with E-state index in [1.165, 1.54) is 68.6 Å². The van der Waals surface area contributed by atoms with Gasteiger partial charge in [0.25, 0.3) is 0 Å². The summed E-state index contributed by atoms with van der Waals surface area (Å²) in [5.41, 5.74) is 14.2. The maximum atomic E-state index is 12.1. The Labute approximate surface area is 640 Å². The minimum Gasteiger partial charge on any atom is -0.481 e. The van der Waals surface area contributed by atoms with Crippen molar-refractivity contribution in [1.82, 2.24) is 37.6 Å². The van der Waals surface area contributed by atoms with E-state index < -0.39 is 5.97 Å². The van der Waals surface area contributed by atoms with Gasteiger partial charge in [0.05, 0.1) is 0 Å². The van der Waals surface area contributed by atoms with Gasteiger partial charge in [-0.2, -0.15) is 12.6 Å². The van der Waals surface area contributed by atoms with Crippen molar-refractivity contribution in [2.45, 2.75) is 232 Å². The van der Waals surface area contributed by atoms with Crippen molar-refractivity contribution in [3.63, 3.8) is 0 Å². The lowest BCUT2D eigenvalue weighted by atomic mass is 10.0. The lowest BCUT2D eigenvalue weighted by Crippen LogP contribution is -2.25. The highest BCUT2D eigenvalue weighted by Crippen LogP contribution is 2.34. The van der Waals surface area contributed by atoms with Crippen LogP contribution < -0.4 is 17.6 Å². The van der Waals surface area contributed by atoms with Crippen molar-refractivity contribution in [3.8, 4) is 0 Å². The van der Waals surface area contributed by atoms with Crippen LogP contribution in [0.3, 0.4) is 0 Å². The van der Waals surface area contributed by atoms with Crippen LogP contribution in [0.1, 0.15) is 212 Å². The molecule has 0 radical (unpaired) electrons. The number of hydrogen-bond donors (Lipinski definition) is 5. The number of aliphatic carboxylic acids is 1. The van der Waals surface area contributed by atoms with Crippen LogP contribution in [0, 0.1) is 0 Å². The van der Waals surface area contributed by atoms with Gasteiger partial charge in [-0.15, -0.1) is 23.2 Å². The molecular formula is C80H123Cl2N7O3S7. The molecule has 552 valence electrons. The molecule has 4 aromatic heterocycles. The van der Waals surface area contributed by atoms with Gasteiger partial charge in [0.2, 0.25) is 5.91 Å². The average Bonchev–Trinajstić information content (AvgIpc) is 2.14. The first-order valence-corrected chi connectivity index (χ1v) is 42.6. The highest BCUT2D eigenvalue weighted by molar-refractivity contribution is 8.77. The molecule has 0 spiro atoms. The standard InChI is InChI=1S/C34H52N2OS2.C27H44O2.C10H8N2S2.C7H8ClNS2.C2H5ClS.2H3N/c1-28(2)14-11-17-31(5)20-12-18-29(3)15-7-8-16-30(4)19-13-21-32(6)23-24-33(37)35-26-27-38-39-34-22-9-10-25-36-34;1-22(2)12-9-15-25(5)18-10-16-23(3)13-7-8-14-24(4)17-11-19-26(6)20-21-27(28)29;1-3-7-11-9(5-1)13-14-10-6-2-4-8-12-10;8-4-6-10-11-7-3-1-2-5-9-7;3-1-2-4;;/h9-10,14-16,20-22,25H,7-8,11-13,17-19,23-24,26-27H2,1-6H3,(H,35,37);12-14,18-19H,7-11,15-17,20-21H2,1-6H3,(H,28,29);1-8H;1-3,5H,4,6H2;4H,1-2H2;2*1H3/b29-15+,30-16+,31-20+,32-21+;23-13+,24-14+,25-18+,26-19+;;;;;. The van der Waals surface area contributed by atoms with E-state index in [2.05, 4.69) is 175 Å². The second-order valence-electron chi connectivity index (χ2n) is 23.8. The molecule has 0 saturated carbocycles. The lowest BCUT2D eigenvalue weighted by molar-refractivity contribution is -0.137. The Balaban J connectivity index is -0.00000133. The first kappa shape index (κ1) is 99.1. The van der Waals surface area contributed by atoms with Gasteiger partial charge < -0.3 is 22.7 Å². The Kier molecular flexibility index (Phi) is 71.0. The SMILES string of the molecule is CC(C)=CCC/C(C)=C/CC/C(C)=C/CC/C=C(\C)CC/C=C(\C)CCC(=O)NCCSSc1ccccn1.CC(C)=CCC/C(C)=C/CC/C(C)=C/CC/C=C(\C)CC/C=C(\C)CCC(=O)O.ClCCSSc1ccccn1.N.N.SCCCl.c1ccc(SSc2ccccn2)nc1. The number of aromatic nitrogens is 4. The van der Waals surface area contributed by atoms with Gasteiger partial charge in [-0.3, -0.25) is 9.59 Å². The molecule has 4 rings (SSSR count). The Morgan fingerprint density at radius 3 is 0.929 bits per heavy atom. The molecule has 0 aromatic carbocycles. The molecule has 4 aromatic rings. The minimum atomic E-state index is -0.720. The fraction of sp³-hybridized carbons (Fsp3) is 0.475. The molecule has 19 heteroatoms. The number of carbonyl (C=O) groups is 2. The number of thiol groups is 1. The zero-order chi connectivity index (χ0) is 71.8. The van der Waals surface area contributed by atoms with E-state index in [0.29, 0.717) is 31.1 Å². The van der Waals surface area contributed by atoms with Crippen molar-refractivity contribution in [2.75, 3.05) is 35.6 Å². The third-order valence-electron chi connectivity index (χ3n) is 13.9. The zero-order valence-electron chi connectivity index (χ0n) is 62.0. The van der Waals surface area contributed by atoms with Crippen molar-refractivity contribution < 1.29 is 14.7 Å². The quantitative estimate of drug-likeness (QED) is 0.00925. The molecular weight excluding hydrogens is 1400 g/mol. The number of unbranched alkanes of at least 4 members (excludes halogenated alkanes) is 2. The summed E-state index contributed by atoms with van der Waals surface area (Å²) in [6, 6.07) is 23.5. The molecule has 0 aliphatic rings. The first-order chi connectivity index (χ1) is 46.8. The summed E-state index contributed by atoms with van der Waals surface area (Å²) in [4.78, 5) is 39.5. The number of carboxylic acid groups (broad SMARTS) is 1. The predicted molar refractivity (Wildman–Crippen MR) is 453 cm³/mol. The fourth-order valence-electron chi connectivity index (χ4n) is 8.34. The number of nitrogens with one attached hydrogen (secondary N) is 1. The van der Waals surface area contributed by atoms with Crippen molar-refractivity contribution in [3.05, 3.63) is 214 Å². The van der Waals surface area contributed by atoms with Crippen LogP contribution in [0.5, 0.6) is 0 Å². The van der Waals surface area contributed by atoms with E-state index in [-0.39, 0.29) is 24.6 Å². The highest BCUT2D eigenvalue weighted by Gasteiger charge is 2.04. The van der Waals surface area contributed by atoms with Gasteiger partial charge in [0.15, 0.2) is 0 Å².